The lowest BCUT2D eigenvalue weighted by atomic mass is 10.3. The lowest BCUT2D eigenvalue weighted by Gasteiger charge is -2.08. The first-order valence-electron chi connectivity index (χ1n) is 6.16. The van der Waals surface area contributed by atoms with E-state index in [1.807, 2.05) is 0 Å². The van der Waals surface area contributed by atoms with Crippen molar-refractivity contribution >= 4 is 51.7 Å². The fraction of sp³-hybridized carbons (Fsp3) is 0. The van der Waals surface area contributed by atoms with Crippen LogP contribution in [0.15, 0.2) is 45.6 Å². The Balaban J connectivity index is 1.76. The molecule has 0 atom stereocenters. The maximum absolute atomic E-state index is 11.9. The molecule has 0 unspecified atom stereocenters. The first-order valence-corrected chi connectivity index (χ1v) is 6.92. The molecule has 1 aromatic heterocycles. The highest BCUT2D eigenvalue weighted by Crippen LogP contribution is 2.23. The van der Waals surface area contributed by atoms with E-state index in [9.17, 15) is 9.59 Å². The summed E-state index contributed by atoms with van der Waals surface area (Å²) in [5.41, 5.74) is 1.84. The summed E-state index contributed by atoms with van der Waals surface area (Å²) < 4.78 is 4.92. The number of hydrogen-bond donors (Lipinski definition) is 3. The number of hydrogen-bond acceptors (Lipinski definition) is 3. The third-order valence-corrected chi connectivity index (χ3v) is 3.24. The number of H-pyrrole nitrogens is 1. The van der Waals surface area contributed by atoms with E-state index in [2.05, 4.69) is 15.6 Å². The van der Waals surface area contributed by atoms with Crippen molar-refractivity contribution in [2.24, 2.45) is 0 Å². The second kappa shape index (κ2) is 5.75. The summed E-state index contributed by atoms with van der Waals surface area (Å²) in [4.78, 5) is 25.5. The van der Waals surface area contributed by atoms with Gasteiger partial charge in [-0.05, 0) is 30.3 Å². The number of benzene rings is 2. The predicted molar refractivity (Wildman–Crippen MR) is 85.9 cm³/mol. The molecule has 0 aliphatic carbocycles. The number of aromatic amines is 1. The van der Waals surface area contributed by atoms with Crippen molar-refractivity contribution in [3.63, 3.8) is 0 Å². The molecule has 3 rings (SSSR count). The zero-order valence-corrected chi connectivity index (χ0v) is 12.5. The Bertz CT molecular complexity index is 897. The lowest BCUT2D eigenvalue weighted by molar-refractivity contribution is 0.262. The molecule has 1 heterocycles. The molecular formula is C14H9Cl2N3O3. The Morgan fingerprint density at radius 3 is 2.41 bits per heavy atom. The quantitative estimate of drug-likeness (QED) is 0.658. The van der Waals surface area contributed by atoms with Gasteiger partial charge in [0.15, 0.2) is 5.58 Å². The van der Waals surface area contributed by atoms with Gasteiger partial charge in [0.1, 0.15) is 0 Å². The molecule has 22 heavy (non-hydrogen) atoms. The van der Waals surface area contributed by atoms with E-state index in [1.54, 1.807) is 30.3 Å². The summed E-state index contributed by atoms with van der Waals surface area (Å²) >= 11 is 11.7. The predicted octanol–water partition coefficient (Wildman–Crippen LogP) is 4.07. The van der Waals surface area contributed by atoms with Crippen LogP contribution in [-0.2, 0) is 0 Å². The third kappa shape index (κ3) is 3.24. The van der Waals surface area contributed by atoms with Gasteiger partial charge >= 0.3 is 11.8 Å². The summed E-state index contributed by atoms with van der Waals surface area (Å²) in [5, 5.41) is 6.06. The van der Waals surface area contributed by atoms with Crippen LogP contribution in [0.5, 0.6) is 0 Å². The van der Waals surface area contributed by atoms with E-state index < -0.39 is 11.8 Å². The van der Waals surface area contributed by atoms with Crippen LogP contribution >= 0.6 is 23.2 Å². The van der Waals surface area contributed by atoms with Gasteiger partial charge in [-0.15, -0.1) is 0 Å². The van der Waals surface area contributed by atoms with E-state index in [0.717, 1.165) is 0 Å². The van der Waals surface area contributed by atoms with E-state index >= 15 is 0 Å². The average molecular weight is 338 g/mol. The van der Waals surface area contributed by atoms with Gasteiger partial charge in [-0.25, -0.2) is 9.59 Å². The van der Waals surface area contributed by atoms with Gasteiger partial charge in [0, 0.05) is 27.5 Å². The van der Waals surface area contributed by atoms with Crippen LogP contribution in [0.25, 0.3) is 11.1 Å². The molecule has 0 fully saturated rings. The highest BCUT2D eigenvalue weighted by Gasteiger charge is 2.07. The van der Waals surface area contributed by atoms with Crippen LogP contribution in [0.2, 0.25) is 10.0 Å². The largest absolute Gasteiger partial charge is 0.417 e. The number of rotatable bonds is 2. The fourth-order valence-electron chi connectivity index (χ4n) is 1.94. The molecule has 0 saturated carbocycles. The zero-order valence-electron chi connectivity index (χ0n) is 10.9. The summed E-state index contributed by atoms with van der Waals surface area (Å²) in [5.74, 6) is -0.551. The number of urea groups is 1. The van der Waals surface area contributed by atoms with Crippen molar-refractivity contribution < 1.29 is 9.21 Å². The van der Waals surface area contributed by atoms with Crippen LogP contribution in [0.3, 0.4) is 0 Å². The molecule has 0 radical (unpaired) electrons. The van der Waals surface area contributed by atoms with E-state index in [0.29, 0.717) is 32.5 Å². The Morgan fingerprint density at radius 1 is 1.00 bits per heavy atom. The first kappa shape index (κ1) is 14.5. The molecular weight excluding hydrogens is 329 g/mol. The molecule has 3 N–H and O–H groups in total. The number of anilines is 2. The Kier molecular flexibility index (Phi) is 3.79. The minimum absolute atomic E-state index is 0.355. The van der Waals surface area contributed by atoms with Gasteiger partial charge in [-0.3, -0.25) is 4.98 Å². The number of nitrogens with one attached hydrogen (secondary N) is 3. The monoisotopic (exact) mass is 337 g/mol. The minimum Gasteiger partial charge on any atom is -0.408 e. The molecule has 3 aromatic rings. The topological polar surface area (TPSA) is 87.1 Å². The van der Waals surface area contributed by atoms with Gasteiger partial charge < -0.3 is 15.1 Å². The summed E-state index contributed by atoms with van der Waals surface area (Å²) in [6, 6.07) is 9.04. The SMILES string of the molecule is O=C(Nc1cc(Cl)cc(Cl)c1)Nc1ccc2[nH]c(=O)oc2c1. The Morgan fingerprint density at radius 2 is 1.68 bits per heavy atom. The van der Waals surface area contributed by atoms with Crippen LogP contribution in [-0.4, -0.2) is 11.0 Å². The van der Waals surface area contributed by atoms with Crippen molar-refractivity contribution in [1.29, 1.82) is 0 Å². The maximum Gasteiger partial charge on any atom is 0.417 e. The molecule has 112 valence electrons. The second-order valence-corrected chi connectivity index (χ2v) is 5.34. The lowest BCUT2D eigenvalue weighted by Crippen LogP contribution is -2.19. The van der Waals surface area contributed by atoms with Crippen LogP contribution in [0.4, 0.5) is 16.2 Å². The summed E-state index contributed by atoms with van der Waals surface area (Å²) in [6.45, 7) is 0. The number of carbonyl (C=O) groups excluding carboxylic acids is 1. The number of amides is 2. The Labute approximate surface area is 134 Å². The van der Waals surface area contributed by atoms with E-state index in [1.165, 1.54) is 6.07 Å². The molecule has 8 heteroatoms. The fourth-order valence-corrected chi connectivity index (χ4v) is 2.47. The molecule has 0 saturated heterocycles. The van der Waals surface area contributed by atoms with Crippen LogP contribution < -0.4 is 16.4 Å². The minimum atomic E-state index is -0.551. The molecule has 0 bridgehead atoms. The molecule has 0 spiro atoms. The Hall–Kier alpha value is -2.44. The van der Waals surface area contributed by atoms with Gasteiger partial charge in [0.2, 0.25) is 0 Å². The zero-order chi connectivity index (χ0) is 15.7. The molecule has 2 amide bonds. The number of carbonyl (C=O) groups is 1. The molecule has 6 nitrogen and oxygen atoms in total. The van der Waals surface area contributed by atoms with Gasteiger partial charge in [-0.2, -0.15) is 0 Å². The number of halogens is 2. The highest BCUT2D eigenvalue weighted by atomic mass is 35.5. The second-order valence-electron chi connectivity index (χ2n) is 4.46. The highest BCUT2D eigenvalue weighted by molar-refractivity contribution is 6.35. The molecule has 2 aromatic carbocycles. The van der Waals surface area contributed by atoms with E-state index in [-0.39, 0.29) is 0 Å². The summed E-state index contributed by atoms with van der Waals surface area (Å²) in [6.07, 6.45) is 0. The maximum atomic E-state index is 11.9. The third-order valence-electron chi connectivity index (χ3n) is 2.80. The van der Waals surface area contributed by atoms with Gasteiger partial charge in [0.25, 0.3) is 0 Å². The standard InChI is InChI=1S/C14H9Cl2N3O3/c15-7-3-8(16)5-10(4-7)18-13(20)17-9-1-2-11-12(6-9)22-14(21)19-11/h1-6H,(H,19,21)(H2,17,18,20). The van der Waals surface area contributed by atoms with Crippen molar-refractivity contribution in [1.82, 2.24) is 4.98 Å². The normalized spacial score (nSPS) is 10.6. The van der Waals surface area contributed by atoms with Crippen LogP contribution in [0, 0.1) is 0 Å². The van der Waals surface area contributed by atoms with Crippen molar-refractivity contribution in [3.8, 4) is 0 Å². The van der Waals surface area contributed by atoms with Gasteiger partial charge in [0.05, 0.1) is 5.52 Å². The van der Waals surface area contributed by atoms with Crippen LogP contribution in [0.1, 0.15) is 0 Å². The number of fused-ring (bicyclic) bond motifs is 1. The van der Waals surface area contributed by atoms with Gasteiger partial charge in [-0.1, -0.05) is 23.2 Å². The van der Waals surface area contributed by atoms with Crippen molar-refractivity contribution in [2.75, 3.05) is 10.6 Å². The first-order chi connectivity index (χ1) is 10.5. The average Bonchev–Trinajstić information content (AvgIpc) is 2.76. The molecule has 0 aliphatic heterocycles. The van der Waals surface area contributed by atoms with E-state index in [4.69, 9.17) is 27.6 Å². The smallest absolute Gasteiger partial charge is 0.408 e. The summed E-state index contributed by atoms with van der Waals surface area (Å²) in [7, 11) is 0. The number of oxazole rings is 1. The van der Waals surface area contributed by atoms with Crippen molar-refractivity contribution in [3.05, 3.63) is 57.0 Å². The van der Waals surface area contributed by atoms with Crippen molar-refractivity contribution in [2.45, 2.75) is 0 Å². The molecule has 0 aliphatic rings. The number of aromatic nitrogens is 1.